The van der Waals surface area contributed by atoms with Gasteiger partial charge in [0.15, 0.2) is 5.96 Å². The van der Waals surface area contributed by atoms with Crippen LogP contribution in [0.25, 0.3) is 0 Å². The van der Waals surface area contributed by atoms with Crippen molar-refractivity contribution in [2.75, 3.05) is 19.0 Å². The zero-order valence-electron chi connectivity index (χ0n) is 10.6. The van der Waals surface area contributed by atoms with Crippen LogP contribution >= 0.6 is 0 Å². The summed E-state index contributed by atoms with van der Waals surface area (Å²) in [5, 5.41) is 3.04. The first-order valence-corrected chi connectivity index (χ1v) is 5.97. The molecule has 0 saturated carbocycles. The van der Waals surface area contributed by atoms with Crippen molar-refractivity contribution in [2.45, 2.75) is 26.2 Å². The van der Waals surface area contributed by atoms with Crippen LogP contribution in [0.4, 0.5) is 5.69 Å². The van der Waals surface area contributed by atoms with E-state index in [-0.39, 0.29) is 0 Å². The average Bonchev–Trinajstić information content (AvgIpc) is 2.35. The number of hydrogen-bond acceptors (Lipinski definition) is 2. The SMILES string of the molecule is CCCCCN=C(N)Nc1cccc(OC)c1. The van der Waals surface area contributed by atoms with Crippen LogP contribution in [-0.2, 0) is 0 Å². The summed E-state index contributed by atoms with van der Waals surface area (Å²) in [5.74, 6) is 1.25. The molecule has 0 aliphatic heterocycles. The maximum Gasteiger partial charge on any atom is 0.193 e. The first-order chi connectivity index (χ1) is 8.26. The molecule has 3 N–H and O–H groups in total. The first kappa shape index (κ1) is 13.4. The van der Waals surface area contributed by atoms with Gasteiger partial charge in [-0.15, -0.1) is 0 Å². The fourth-order valence-electron chi connectivity index (χ4n) is 1.45. The largest absolute Gasteiger partial charge is 0.497 e. The second-order valence-electron chi connectivity index (χ2n) is 3.83. The molecule has 0 amide bonds. The molecule has 4 nitrogen and oxygen atoms in total. The minimum atomic E-state index is 0.453. The van der Waals surface area contributed by atoms with E-state index in [1.54, 1.807) is 7.11 Å². The van der Waals surface area contributed by atoms with Gasteiger partial charge in [0, 0.05) is 18.3 Å². The van der Waals surface area contributed by atoms with Crippen LogP contribution in [0.5, 0.6) is 5.75 Å². The van der Waals surface area contributed by atoms with Crippen LogP contribution in [0.1, 0.15) is 26.2 Å². The van der Waals surface area contributed by atoms with Gasteiger partial charge in [-0.3, -0.25) is 4.99 Å². The van der Waals surface area contributed by atoms with E-state index >= 15 is 0 Å². The Kier molecular flexibility index (Phi) is 5.93. The highest BCUT2D eigenvalue weighted by molar-refractivity contribution is 5.92. The molecular weight excluding hydrogens is 214 g/mol. The topological polar surface area (TPSA) is 59.6 Å². The van der Waals surface area contributed by atoms with E-state index in [4.69, 9.17) is 10.5 Å². The van der Waals surface area contributed by atoms with Crippen molar-refractivity contribution in [2.24, 2.45) is 10.7 Å². The lowest BCUT2D eigenvalue weighted by Gasteiger charge is -2.07. The summed E-state index contributed by atoms with van der Waals surface area (Å²) >= 11 is 0. The zero-order chi connectivity index (χ0) is 12.5. The minimum Gasteiger partial charge on any atom is -0.497 e. The molecule has 1 aromatic rings. The molecule has 0 heterocycles. The van der Waals surface area contributed by atoms with Crippen molar-refractivity contribution < 1.29 is 4.74 Å². The van der Waals surface area contributed by atoms with Gasteiger partial charge in [-0.25, -0.2) is 0 Å². The molecule has 0 bridgehead atoms. The van der Waals surface area contributed by atoms with Gasteiger partial charge in [0.05, 0.1) is 7.11 Å². The van der Waals surface area contributed by atoms with Crippen molar-refractivity contribution in [1.82, 2.24) is 0 Å². The fourth-order valence-corrected chi connectivity index (χ4v) is 1.45. The number of nitrogens with one attached hydrogen (secondary N) is 1. The van der Waals surface area contributed by atoms with E-state index in [0.717, 1.165) is 24.4 Å². The Morgan fingerprint density at radius 3 is 2.94 bits per heavy atom. The van der Waals surface area contributed by atoms with E-state index in [2.05, 4.69) is 17.2 Å². The highest BCUT2D eigenvalue weighted by Crippen LogP contribution is 2.16. The van der Waals surface area contributed by atoms with Gasteiger partial charge >= 0.3 is 0 Å². The van der Waals surface area contributed by atoms with Crippen LogP contribution in [-0.4, -0.2) is 19.6 Å². The number of nitrogens with zero attached hydrogens (tertiary/aromatic N) is 1. The molecule has 4 heteroatoms. The number of ether oxygens (including phenoxy) is 1. The lowest BCUT2D eigenvalue weighted by atomic mass is 10.2. The predicted molar refractivity (Wildman–Crippen MR) is 72.6 cm³/mol. The van der Waals surface area contributed by atoms with E-state index in [0.29, 0.717) is 5.96 Å². The van der Waals surface area contributed by atoms with Gasteiger partial charge in [0.2, 0.25) is 0 Å². The Morgan fingerprint density at radius 2 is 2.24 bits per heavy atom. The van der Waals surface area contributed by atoms with E-state index in [1.165, 1.54) is 12.8 Å². The smallest absolute Gasteiger partial charge is 0.193 e. The summed E-state index contributed by atoms with van der Waals surface area (Å²) in [6, 6.07) is 7.61. The molecule has 1 rings (SSSR count). The van der Waals surface area contributed by atoms with E-state index in [1.807, 2.05) is 24.3 Å². The lowest BCUT2D eigenvalue weighted by Crippen LogP contribution is -2.22. The molecule has 0 radical (unpaired) electrons. The third-order valence-electron chi connectivity index (χ3n) is 2.39. The predicted octanol–water partition coefficient (Wildman–Crippen LogP) is 2.61. The second kappa shape index (κ2) is 7.54. The number of unbranched alkanes of at least 4 members (excludes halogenated alkanes) is 2. The molecule has 17 heavy (non-hydrogen) atoms. The summed E-state index contributed by atoms with van der Waals surface area (Å²) in [4.78, 5) is 4.25. The van der Waals surface area contributed by atoms with Crippen molar-refractivity contribution >= 4 is 11.6 Å². The summed E-state index contributed by atoms with van der Waals surface area (Å²) in [6.45, 7) is 2.94. The quantitative estimate of drug-likeness (QED) is 0.452. The van der Waals surface area contributed by atoms with Crippen molar-refractivity contribution in [3.8, 4) is 5.75 Å². The second-order valence-corrected chi connectivity index (χ2v) is 3.83. The van der Waals surface area contributed by atoms with E-state index < -0.39 is 0 Å². The lowest BCUT2D eigenvalue weighted by molar-refractivity contribution is 0.415. The van der Waals surface area contributed by atoms with Gasteiger partial charge < -0.3 is 15.8 Å². The van der Waals surface area contributed by atoms with Crippen LogP contribution in [0.15, 0.2) is 29.3 Å². The Balaban J connectivity index is 2.46. The molecule has 0 saturated heterocycles. The Bertz CT molecular complexity index is 363. The van der Waals surface area contributed by atoms with Gasteiger partial charge in [0.1, 0.15) is 5.75 Å². The Hall–Kier alpha value is -1.71. The summed E-state index contributed by atoms with van der Waals surface area (Å²) in [5.41, 5.74) is 6.67. The number of nitrogens with two attached hydrogens (primary N) is 1. The minimum absolute atomic E-state index is 0.453. The van der Waals surface area contributed by atoms with Gasteiger partial charge in [-0.2, -0.15) is 0 Å². The third-order valence-corrected chi connectivity index (χ3v) is 2.39. The highest BCUT2D eigenvalue weighted by atomic mass is 16.5. The molecule has 1 aromatic carbocycles. The van der Waals surface area contributed by atoms with Crippen LogP contribution in [0, 0.1) is 0 Å². The van der Waals surface area contributed by atoms with Crippen LogP contribution in [0.2, 0.25) is 0 Å². The zero-order valence-corrected chi connectivity index (χ0v) is 10.6. The number of hydrogen-bond donors (Lipinski definition) is 2. The number of aliphatic imine (C=N–C) groups is 1. The summed E-state index contributed by atoms with van der Waals surface area (Å²) in [7, 11) is 1.64. The molecule has 0 fully saturated rings. The van der Waals surface area contributed by atoms with Crippen LogP contribution in [0.3, 0.4) is 0 Å². The first-order valence-electron chi connectivity index (χ1n) is 5.97. The molecule has 0 unspecified atom stereocenters. The monoisotopic (exact) mass is 235 g/mol. The maximum absolute atomic E-state index is 5.78. The van der Waals surface area contributed by atoms with Crippen molar-refractivity contribution in [3.05, 3.63) is 24.3 Å². The van der Waals surface area contributed by atoms with Gasteiger partial charge in [-0.05, 0) is 18.6 Å². The highest BCUT2D eigenvalue weighted by Gasteiger charge is 1.96. The molecule has 94 valence electrons. The number of methoxy groups -OCH3 is 1. The number of anilines is 1. The number of guanidine groups is 1. The number of rotatable bonds is 6. The maximum atomic E-state index is 5.78. The van der Waals surface area contributed by atoms with Crippen molar-refractivity contribution in [3.63, 3.8) is 0 Å². The summed E-state index contributed by atoms with van der Waals surface area (Å²) in [6.07, 6.45) is 3.46. The Morgan fingerprint density at radius 1 is 1.41 bits per heavy atom. The van der Waals surface area contributed by atoms with E-state index in [9.17, 15) is 0 Å². The van der Waals surface area contributed by atoms with Crippen LogP contribution < -0.4 is 15.8 Å². The molecular formula is C13H21N3O. The normalized spacial score (nSPS) is 11.3. The standard InChI is InChI=1S/C13H21N3O/c1-3-4-5-9-15-13(14)16-11-7-6-8-12(10-11)17-2/h6-8,10H,3-5,9H2,1-2H3,(H3,14,15,16). The molecule has 0 atom stereocenters. The van der Waals surface area contributed by atoms with Gasteiger partial charge in [-0.1, -0.05) is 25.8 Å². The molecule has 0 aromatic heterocycles. The average molecular weight is 235 g/mol. The molecule has 0 aliphatic rings. The Labute approximate surface area is 103 Å². The fraction of sp³-hybridized carbons (Fsp3) is 0.462. The third kappa shape index (κ3) is 5.24. The van der Waals surface area contributed by atoms with Crippen molar-refractivity contribution in [1.29, 1.82) is 0 Å². The molecule has 0 spiro atoms. The number of benzene rings is 1. The van der Waals surface area contributed by atoms with Gasteiger partial charge in [0.25, 0.3) is 0 Å². The summed E-state index contributed by atoms with van der Waals surface area (Å²) < 4.78 is 5.13. The molecule has 0 aliphatic carbocycles.